The van der Waals surface area contributed by atoms with Crippen LogP contribution in [0.15, 0.2) is 73.2 Å². The molecule has 0 saturated heterocycles. The molecule has 1 amide bonds. The van der Waals surface area contributed by atoms with E-state index in [-0.39, 0.29) is 29.4 Å². The van der Waals surface area contributed by atoms with E-state index in [1.807, 2.05) is 13.0 Å². The minimum atomic E-state index is -0.448. The van der Waals surface area contributed by atoms with Gasteiger partial charge in [0.1, 0.15) is 17.2 Å². The van der Waals surface area contributed by atoms with Crippen molar-refractivity contribution in [1.29, 1.82) is 0 Å². The molecule has 0 spiro atoms. The topological polar surface area (TPSA) is 119 Å². The summed E-state index contributed by atoms with van der Waals surface area (Å²) in [5.74, 6) is 0.551. The van der Waals surface area contributed by atoms with Gasteiger partial charge in [0.15, 0.2) is 5.75 Å². The molecule has 0 atom stereocenters. The summed E-state index contributed by atoms with van der Waals surface area (Å²) in [6, 6.07) is 14.9. The smallest absolute Gasteiger partial charge is 0.302 e. The number of pyridine rings is 1. The Labute approximate surface area is 222 Å². The van der Waals surface area contributed by atoms with Crippen molar-refractivity contribution in [2.45, 2.75) is 31.7 Å². The van der Waals surface area contributed by atoms with Crippen LogP contribution in [0.25, 0.3) is 28.2 Å². The number of amides is 1. The molecular weight excluding hydrogens is 501 g/mol. The number of benzene rings is 2. The Hall–Kier alpha value is -4.93. The van der Waals surface area contributed by atoms with E-state index in [1.165, 1.54) is 12.3 Å². The molecule has 0 radical (unpaired) electrons. The molecule has 1 fully saturated rings. The molecule has 2 aromatic carbocycles. The van der Waals surface area contributed by atoms with Gasteiger partial charge in [0.2, 0.25) is 5.82 Å². The molecule has 3 heterocycles. The Morgan fingerprint density at radius 3 is 2.72 bits per heavy atom. The SMILES string of the molecule is CCOc1ccc(-c2nnc([C@H]3C[C@H](NC(=O)c4cccc5nccnc45)C3)n2-c2ccccc2F)[n+](O)c1. The van der Waals surface area contributed by atoms with Gasteiger partial charge >= 0.3 is 5.69 Å². The first-order valence-corrected chi connectivity index (χ1v) is 12.6. The molecule has 1 aliphatic carbocycles. The summed E-state index contributed by atoms with van der Waals surface area (Å²) in [6.07, 6.45) is 5.76. The number of aromatic nitrogens is 6. The van der Waals surface area contributed by atoms with Crippen LogP contribution in [-0.2, 0) is 0 Å². The summed E-state index contributed by atoms with van der Waals surface area (Å²) < 4.78 is 23.0. The maximum atomic E-state index is 15.0. The number of fused-ring (bicyclic) bond motifs is 1. The number of carbonyl (C=O) groups excluding carboxylic acids is 1. The van der Waals surface area contributed by atoms with Crippen LogP contribution in [-0.4, -0.2) is 48.5 Å². The number of ether oxygens (including phenoxy) is 1. The highest BCUT2D eigenvalue weighted by Crippen LogP contribution is 2.39. The lowest BCUT2D eigenvalue weighted by Crippen LogP contribution is -2.44. The Kier molecular flexibility index (Phi) is 6.31. The lowest BCUT2D eigenvalue weighted by atomic mass is 9.79. The van der Waals surface area contributed by atoms with E-state index in [2.05, 4.69) is 25.5 Å². The normalized spacial score (nSPS) is 16.6. The molecule has 1 saturated carbocycles. The highest BCUT2D eigenvalue weighted by atomic mass is 19.1. The van der Waals surface area contributed by atoms with Gasteiger partial charge in [0, 0.05) is 35.2 Å². The number of hydrogen-bond donors (Lipinski definition) is 2. The van der Waals surface area contributed by atoms with E-state index in [9.17, 15) is 10.0 Å². The summed E-state index contributed by atoms with van der Waals surface area (Å²) in [7, 11) is 0. The van der Waals surface area contributed by atoms with Crippen molar-refractivity contribution in [2.75, 3.05) is 6.61 Å². The fourth-order valence-corrected chi connectivity index (χ4v) is 4.88. The van der Waals surface area contributed by atoms with Gasteiger partial charge in [-0.15, -0.1) is 10.2 Å². The quantitative estimate of drug-likeness (QED) is 0.246. The molecule has 2 N–H and O–H groups in total. The monoisotopic (exact) mass is 526 g/mol. The van der Waals surface area contributed by atoms with E-state index in [4.69, 9.17) is 4.74 Å². The van der Waals surface area contributed by atoms with Crippen LogP contribution < -0.4 is 14.8 Å². The number of carbonyl (C=O) groups is 1. The second-order valence-corrected chi connectivity index (χ2v) is 9.26. The molecular formula is C28H25FN7O3+. The molecule has 1 aliphatic rings. The van der Waals surface area contributed by atoms with Gasteiger partial charge in [0.05, 0.1) is 23.4 Å². The van der Waals surface area contributed by atoms with Crippen LogP contribution in [0.3, 0.4) is 0 Å². The number of nitrogens with zero attached hydrogens (tertiary/aromatic N) is 6. The largest absolute Gasteiger partial charge is 0.488 e. The van der Waals surface area contributed by atoms with E-state index in [1.54, 1.807) is 59.4 Å². The van der Waals surface area contributed by atoms with Crippen molar-refractivity contribution in [3.63, 3.8) is 0 Å². The Bertz CT molecular complexity index is 1680. The molecule has 39 heavy (non-hydrogen) atoms. The Morgan fingerprint density at radius 1 is 1.10 bits per heavy atom. The Balaban J connectivity index is 1.28. The molecule has 0 bridgehead atoms. The molecule has 10 nitrogen and oxygen atoms in total. The number of para-hydroxylation sites is 2. The van der Waals surface area contributed by atoms with Gasteiger partial charge in [-0.05, 0) is 50.1 Å². The summed E-state index contributed by atoms with van der Waals surface area (Å²) in [5.41, 5.74) is 2.25. The lowest BCUT2D eigenvalue weighted by molar-refractivity contribution is -0.896. The van der Waals surface area contributed by atoms with Gasteiger partial charge in [-0.25, -0.2) is 4.39 Å². The first-order chi connectivity index (χ1) is 19.0. The average Bonchev–Trinajstić information content (AvgIpc) is 3.34. The van der Waals surface area contributed by atoms with Crippen molar-refractivity contribution < 1.29 is 23.9 Å². The first kappa shape index (κ1) is 24.4. The zero-order valence-electron chi connectivity index (χ0n) is 21.0. The zero-order valence-corrected chi connectivity index (χ0v) is 21.0. The lowest BCUT2D eigenvalue weighted by Gasteiger charge is -2.35. The summed E-state index contributed by atoms with van der Waals surface area (Å²) in [6.45, 7) is 2.29. The predicted octanol–water partition coefficient (Wildman–Crippen LogP) is 3.62. The minimum absolute atomic E-state index is 0.0849. The first-order valence-electron chi connectivity index (χ1n) is 12.6. The average molecular weight is 527 g/mol. The second kappa shape index (κ2) is 10.1. The zero-order chi connectivity index (χ0) is 26.9. The highest BCUT2D eigenvalue weighted by Gasteiger charge is 2.38. The van der Waals surface area contributed by atoms with Crippen LogP contribution in [0, 0.1) is 5.82 Å². The molecule has 11 heteroatoms. The second-order valence-electron chi connectivity index (χ2n) is 9.26. The van der Waals surface area contributed by atoms with Gasteiger partial charge in [-0.1, -0.05) is 18.2 Å². The van der Waals surface area contributed by atoms with Crippen LogP contribution >= 0.6 is 0 Å². The maximum Gasteiger partial charge on any atom is 0.302 e. The molecule has 3 aromatic heterocycles. The minimum Gasteiger partial charge on any atom is -0.488 e. The van der Waals surface area contributed by atoms with Crippen molar-refractivity contribution in [1.82, 2.24) is 30.0 Å². The van der Waals surface area contributed by atoms with Crippen molar-refractivity contribution in [2.24, 2.45) is 0 Å². The number of hydrogen-bond acceptors (Lipinski definition) is 7. The van der Waals surface area contributed by atoms with E-state index < -0.39 is 5.82 Å². The van der Waals surface area contributed by atoms with Crippen molar-refractivity contribution in [3.05, 3.63) is 90.4 Å². The summed E-state index contributed by atoms with van der Waals surface area (Å²) in [5, 5.41) is 22.5. The molecule has 196 valence electrons. The van der Waals surface area contributed by atoms with E-state index in [0.29, 0.717) is 53.3 Å². The van der Waals surface area contributed by atoms with Gasteiger partial charge in [-0.3, -0.25) is 24.5 Å². The van der Waals surface area contributed by atoms with Gasteiger partial charge in [-0.2, -0.15) is 0 Å². The molecule has 0 aliphatic heterocycles. The summed E-state index contributed by atoms with van der Waals surface area (Å²) in [4.78, 5) is 21.6. The highest BCUT2D eigenvalue weighted by molar-refractivity contribution is 6.04. The van der Waals surface area contributed by atoms with Crippen LogP contribution in [0.5, 0.6) is 5.75 Å². The molecule has 6 rings (SSSR count). The van der Waals surface area contributed by atoms with Crippen molar-refractivity contribution >= 4 is 16.9 Å². The molecule has 0 unspecified atom stereocenters. The Morgan fingerprint density at radius 2 is 1.92 bits per heavy atom. The van der Waals surface area contributed by atoms with Crippen LogP contribution in [0.1, 0.15) is 41.9 Å². The third-order valence-electron chi connectivity index (χ3n) is 6.81. The third-order valence-corrected chi connectivity index (χ3v) is 6.81. The van der Waals surface area contributed by atoms with E-state index >= 15 is 4.39 Å². The number of nitrogens with one attached hydrogen (secondary N) is 1. The third kappa shape index (κ3) is 4.52. The summed E-state index contributed by atoms with van der Waals surface area (Å²) >= 11 is 0. The maximum absolute atomic E-state index is 15.0. The van der Waals surface area contributed by atoms with Crippen molar-refractivity contribution in [3.8, 4) is 23.0 Å². The predicted molar refractivity (Wildman–Crippen MR) is 138 cm³/mol. The fourth-order valence-electron chi connectivity index (χ4n) is 4.88. The van der Waals surface area contributed by atoms with Gasteiger partial charge < -0.3 is 10.1 Å². The van der Waals surface area contributed by atoms with Crippen LogP contribution in [0.2, 0.25) is 0 Å². The number of rotatable bonds is 7. The van der Waals surface area contributed by atoms with Gasteiger partial charge in [0.25, 0.3) is 12.1 Å². The number of halogens is 1. The standard InChI is InChI=1S/C28H24FN7O3/c1-2-39-19-10-11-24(35(38)16-19)27-34-33-26(36(27)23-9-4-3-7-21(23)29)17-14-18(15-17)32-28(37)20-6-5-8-22-25(20)31-13-12-30-22/h3-13,16-18H,2,14-15H2,1H3,(H-,32,34,37,38)/p+1/t17-,18-. The van der Waals surface area contributed by atoms with Crippen LogP contribution in [0.4, 0.5) is 4.39 Å². The van der Waals surface area contributed by atoms with E-state index in [0.717, 1.165) is 4.73 Å². The fraction of sp³-hybridized carbons (Fsp3) is 0.214. The molecule has 5 aromatic rings.